The maximum Gasteiger partial charge on any atom is 0.318 e. The Hall–Kier alpha value is -3.71. The summed E-state index contributed by atoms with van der Waals surface area (Å²) in [5, 5.41) is 14.3. The molecule has 4 aromatic rings. The topological polar surface area (TPSA) is 67.4 Å². The van der Waals surface area contributed by atoms with Crippen LogP contribution >= 0.6 is 11.3 Å². The molecule has 1 N–H and O–H groups in total. The lowest BCUT2D eigenvalue weighted by molar-refractivity contribution is 0.179. The number of piperidine rings is 1. The lowest BCUT2D eigenvalue weighted by atomic mass is 9.97. The van der Waals surface area contributed by atoms with Gasteiger partial charge in [-0.05, 0) is 41.7 Å². The number of nitrogens with zero attached hydrogens (tertiary/aromatic N) is 3. The van der Waals surface area contributed by atoms with E-state index >= 15 is 0 Å². The van der Waals surface area contributed by atoms with Gasteiger partial charge >= 0.3 is 6.03 Å². The number of nitrogens with one attached hydrogen (secondary N) is 1. The molecule has 0 spiro atoms. The monoisotopic (exact) mass is 498 g/mol. The molecule has 0 saturated carbocycles. The average molecular weight is 499 g/mol. The van der Waals surface area contributed by atoms with Crippen LogP contribution in [0.5, 0.6) is 5.75 Å². The van der Waals surface area contributed by atoms with Crippen molar-refractivity contribution in [2.24, 2.45) is 0 Å². The van der Waals surface area contributed by atoms with Crippen LogP contribution in [0.3, 0.4) is 0 Å². The lowest BCUT2D eigenvalue weighted by Gasteiger charge is -2.32. The standard InChI is InChI=1S/C29H30N4O2S/c1-35-25-14-12-21(13-15-25)20-26-31-32-28(36-26)24-16-18-33(19-17-24)29(34)30-27(22-8-4-2-5-9-22)23-10-6-3-7-11-23/h2-15,24,27H,16-20H2,1H3,(H,30,34). The number of hydrogen-bond acceptors (Lipinski definition) is 5. The van der Waals surface area contributed by atoms with Crippen molar-refractivity contribution in [3.63, 3.8) is 0 Å². The van der Waals surface area contributed by atoms with Crippen LogP contribution in [0.25, 0.3) is 0 Å². The number of likely N-dealkylation sites (tertiary alicyclic amines) is 1. The summed E-state index contributed by atoms with van der Waals surface area (Å²) in [7, 11) is 1.67. The second kappa shape index (κ2) is 11.4. The number of aromatic nitrogens is 2. The van der Waals surface area contributed by atoms with Crippen LogP contribution in [-0.4, -0.2) is 41.3 Å². The minimum atomic E-state index is -0.179. The van der Waals surface area contributed by atoms with Crippen molar-refractivity contribution in [3.8, 4) is 5.75 Å². The summed E-state index contributed by atoms with van der Waals surface area (Å²) in [6.45, 7) is 1.42. The maximum absolute atomic E-state index is 13.2. The Labute approximate surface area is 216 Å². The molecule has 6 nitrogen and oxygen atoms in total. The van der Waals surface area contributed by atoms with E-state index in [2.05, 4.69) is 51.9 Å². The molecule has 5 rings (SSSR count). The molecule has 1 aromatic heterocycles. The summed E-state index contributed by atoms with van der Waals surface area (Å²) in [5.41, 5.74) is 3.34. The van der Waals surface area contributed by atoms with Crippen LogP contribution in [0, 0.1) is 0 Å². The Balaban J connectivity index is 1.18. The third kappa shape index (κ3) is 5.74. The lowest BCUT2D eigenvalue weighted by Crippen LogP contribution is -2.45. The number of hydrogen-bond donors (Lipinski definition) is 1. The first-order chi connectivity index (χ1) is 17.7. The fourth-order valence-corrected chi connectivity index (χ4v) is 5.66. The van der Waals surface area contributed by atoms with Crippen molar-refractivity contribution in [2.75, 3.05) is 20.2 Å². The zero-order valence-electron chi connectivity index (χ0n) is 20.3. The summed E-state index contributed by atoms with van der Waals surface area (Å²) in [4.78, 5) is 15.2. The van der Waals surface area contributed by atoms with Gasteiger partial charge in [-0.15, -0.1) is 21.5 Å². The smallest absolute Gasteiger partial charge is 0.318 e. The number of amides is 2. The second-order valence-electron chi connectivity index (χ2n) is 9.02. The fourth-order valence-electron chi connectivity index (χ4n) is 4.62. The summed E-state index contributed by atoms with van der Waals surface area (Å²) in [6, 6.07) is 28.1. The maximum atomic E-state index is 13.2. The molecule has 2 heterocycles. The van der Waals surface area contributed by atoms with E-state index in [1.807, 2.05) is 53.4 Å². The number of ether oxygens (including phenoxy) is 1. The number of methoxy groups -OCH3 is 1. The number of carbonyl (C=O) groups excluding carboxylic acids is 1. The molecular weight excluding hydrogens is 468 g/mol. The Morgan fingerprint density at radius 1 is 0.944 bits per heavy atom. The molecule has 2 amide bonds. The molecule has 1 saturated heterocycles. The van der Waals surface area contributed by atoms with Crippen molar-refractivity contribution in [1.82, 2.24) is 20.4 Å². The van der Waals surface area contributed by atoms with Crippen LogP contribution in [0.15, 0.2) is 84.9 Å². The van der Waals surface area contributed by atoms with E-state index < -0.39 is 0 Å². The van der Waals surface area contributed by atoms with Gasteiger partial charge in [0.05, 0.1) is 13.2 Å². The van der Waals surface area contributed by atoms with Crippen molar-refractivity contribution >= 4 is 17.4 Å². The van der Waals surface area contributed by atoms with E-state index in [9.17, 15) is 4.79 Å². The van der Waals surface area contributed by atoms with Gasteiger partial charge in [-0.3, -0.25) is 0 Å². The van der Waals surface area contributed by atoms with E-state index in [-0.39, 0.29) is 12.1 Å². The number of carbonyl (C=O) groups is 1. The normalized spacial score (nSPS) is 14.1. The Morgan fingerprint density at radius 2 is 1.56 bits per heavy atom. The Kier molecular flexibility index (Phi) is 7.57. The Bertz CT molecular complexity index is 1210. The molecule has 36 heavy (non-hydrogen) atoms. The highest BCUT2D eigenvalue weighted by molar-refractivity contribution is 7.11. The highest BCUT2D eigenvalue weighted by atomic mass is 32.1. The molecule has 184 valence electrons. The van der Waals surface area contributed by atoms with Gasteiger partial charge in [-0.1, -0.05) is 72.8 Å². The molecule has 1 aliphatic heterocycles. The highest BCUT2D eigenvalue weighted by Gasteiger charge is 2.28. The average Bonchev–Trinajstić information content (AvgIpc) is 3.41. The molecule has 1 aliphatic rings. The molecule has 1 fully saturated rings. The number of rotatable bonds is 7. The van der Waals surface area contributed by atoms with E-state index in [0.29, 0.717) is 19.0 Å². The van der Waals surface area contributed by atoms with E-state index in [1.165, 1.54) is 5.56 Å². The summed E-state index contributed by atoms with van der Waals surface area (Å²) < 4.78 is 5.24. The first-order valence-corrected chi connectivity index (χ1v) is 13.1. The van der Waals surface area contributed by atoms with Gasteiger partial charge in [0.25, 0.3) is 0 Å². The van der Waals surface area contributed by atoms with Gasteiger partial charge in [0.15, 0.2) is 0 Å². The molecule has 0 radical (unpaired) electrons. The van der Waals surface area contributed by atoms with Gasteiger partial charge < -0.3 is 15.0 Å². The second-order valence-corrected chi connectivity index (χ2v) is 10.1. The van der Waals surface area contributed by atoms with Crippen molar-refractivity contribution in [1.29, 1.82) is 0 Å². The van der Waals surface area contributed by atoms with Crippen LogP contribution in [0.2, 0.25) is 0 Å². The Morgan fingerprint density at radius 3 is 2.14 bits per heavy atom. The van der Waals surface area contributed by atoms with Gasteiger partial charge in [0.1, 0.15) is 15.8 Å². The van der Waals surface area contributed by atoms with Crippen LogP contribution < -0.4 is 10.1 Å². The van der Waals surface area contributed by atoms with Crippen LogP contribution in [0.4, 0.5) is 4.79 Å². The van der Waals surface area contributed by atoms with Crippen molar-refractivity contribution < 1.29 is 9.53 Å². The number of urea groups is 1. The third-order valence-electron chi connectivity index (χ3n) is 6.66. The molecule has 0 unspecified atom stereocenters. The molecule has 3 aromatic carbocycles. The molecular formula is C29H30N4O2S. The minimum Gasteiger partial charge on any atom is -0.497 e. The molecule has 7 heteroatoms. The largest absolute Gasteiger partial charge is 0.497 e. The highest BCUT2D eigenvalue weighted by Crippen LogP contribution is 2.31. The van der Waals surface area contributed by atoms with E-state index in [0.717, 1.165) is 46.2 Å². The predicted molar refractivity (Wildman–Crippen MR) is 143 cm³/mol. The van der Waals surface area contributed by atoms with Gasteiger partial charge in [0, 0.05) is 25.4 Å². The third-order valence-corrected chi connectivity index (χ3v) is 7.75. The van der Waals surface area contributed by atoms with Crippen LogP contribution in [0.1, 0.15) is 51.5 Å². The number of benzene rings is 3. The van der Waals surface area contributed by atoms with Crippen LogP contribution in [-0.2, 0) is 6.42 Å². The van der Waals surface area contributed by atoms with Crippen molar-refractivity contribution in [2.45, 2.75) is 31.2 Å². The van der Waals surface area contributed by atoms with Gasteiger partial charge in [0.2, 0.25) is 0 Å². The summed E-state index contributed by atoms with van der Waals surface area (Å²) in [6.07, 6.45) is 2.56. The van der Waals surface area contributed by atoms with E-state index in [1.54, 1.807) is 18.4 Å². The molecule has 0 bridgehead atoms. The van der Waals surface area contributed by atoms with Gasteiger partial charge in [-0.25, -0.2) is 4.79 Å². The summed E-state index contributed by atoms with van der Waals surface area (Å²) >= 11 is 1.69. The van der Waals surface area contributed by atoms with Crippen molar-refractivity contribution in [3.05, 3.63) is 112 Å². The summed E-state index contributed by atoms with van der Waals surface area (Å²) in [5.74, 6) is 1.20. The van der Waals surface area contributed by atoms with Gasteiger partial charge in [-0.2, -0.15) is 0 Å². The minimum absolute atomic E-state index is 0.0244. The SMILES string of the molecule is COc1ccc(Cc2nnc(C3CCN(C(=O)NC(c4ccccc4)c4ccccc4)CC3)s2)cc1. The first kappa shape index (κ1) is 24.0. The fraction of sp³-hybridized carbons (Fsp3) is 0.276. The first-order valence-electron chi connectivity index (χ1n) is 12.3. The zero-order chi connectivity index (χ0) is 24.7. The molecule has 0 aliphatic carbocycles. The van der Waals surface area contributed by atoms with E-state index in [4.69, 9.17) is 4.74 Å². The molecule has 0 atom stereocenters. The predicted octanol–water partition coefficient (Wildman–Crippen LogP) is 5.82. The quantitative estimate of drug-likeness (QED) is 0.349. The zero-order valence-corrected chi connectivity index (χ0v) is 21.2.